The number of piperidine rings is 1. The predicted octanol–water partition coefficient (Wildman–Crippen LogP) is 2.38. The Morgan fingerprint density at radius 3 is 2.67 bits per heavy atom. The van der Waals surface area contributed by atoms with Gasteiger partial charge >= 0.3 is 0 Å². The van der Waals surface area contributed by atoms with Crippen LogP contribution in [0.2, 0.25) is 0 Å². The van der Waals surface area contributed by atoms with Crippen LogP contribution in [0.1, 0.15) is 55.3 Å². The molecule has 144 valence electrons. The first-order valence-electron chi connectivity index (χ1n) is 9.73. The second kappa shape index (κ2) is 8.04. The van der Waals surface area contributed by atoms with Gasteiger partial charge < -0.3 is 8.98 Å². The molecule has 4 heterocycles. The van der Waals surface area contributed by atoms with Crippen molar-refractivity contribution in [3.8, 4) is 0 Å². The standard InChI is InChI=1S/C19H27N7O/c1-3-4-16-5-6-17(27-16)11-25-9-7-15(8-10-25)19-23-22-18(24(19)2)12-26-14-20-13-21-26/h5-6,13-15H,3-4,7-12H2,1-2H3. The summed E-state index contributed by atoms with van der Waals surface area (Å²) in [6.45, 7) is 5.78. The minimum Gasteiger partial charge on any atom is -0.465 e. The van der Waals surface area contributed by atoms with E-state index in [0.717, 1.165) is 68.5 Å². The van der Waals surface area contributed by atoms with E-state index in [2.05, 4.69) is 48.8 Å². The predicted molar refractivity (Wildman–Crippen MR) is 100 cm³/mol. The van der Waals surface area contributed by atoms with Crippen molar-refractivity contribution < 1.29 is 4.42 Å². The van der Waals surface area contributed by atoms with Gasteiger partial charge in [0.2, 0.25) is 0 Å². The van der Waals surface area contributed by atoms with Crippen LogP contribution in [-0.2, 0) is 26.6 Å². The molecule has 0 unspecified atom stereocenters. The lowest BCUT2D eigenvalue weighted by Gasteiger charge is -2.30. The number of rotatable bonds is 7. The van der Waals surface area contributed by atoms with Crippen molar-refractivity contribution in [3.63, 3.8) is 0 Å². The Hall–Kier alpha value is -2.48. The Kier molecular flexibility index (Phi) is 5.33. The van der Waals surface area contributed by atoms with Crippen LogP contribution in [0, 0.1) is 0 Å². The zero-order chi connectivity index (χ0) is 18.6. The van der Waals surface area contributed by atoms with Crippen LogP contribution in [0.4, 0.5) is 0 Å². The lowest BCUT2D eigenvalue weighted by molar-refractivity contribution is 0.186. The summed E-state index contributed by atoms with van der Waals surface area (Å²) >= 11 is 0. The lowest BCUT2D eigenvalue weighted by Crippen LogP contribution is -2.33. The lowest BCUT2D eigenvalue weighted by atomic mass is 9.96. The van der Waals surface area contributed by atoms with Gasteiger partial charge in [0.05, 0.1) is 6.54 Å². The van der Waals surface area contributed by atoms with Gasteiger partial charge in [0.1, 0.15) is 36.5 Å². The smallest absolute Gasteiger partial charge is 0.154 e. The molecule has 1 saturated heterocycles. The summed E-state index contributed by atoms with van der Waals surface area (Å²) in [7, 11) is 2.05. The second-order valence-electron chi connectivity index (χ2n) is 7.29. The van der Waals surface area contributed by atoms with E-state index < -0.39 is 0 Å². The van der Waals surface area contributed by atoms with E-state index >= 15 is 0 Å². The summed E-state index contributed by atoms with van der Waals surface area (Å²) in [5.41, 5.74) is 0. The molecule has 1 aliphatic heterocycles. The first-order valence-corrected chi connectivity index (χ1v) is 9.73. The molecule has 4 rings (SSSR count). The Morgan fingerprint density at radius 2 is 1.93 bits per heavy atom. The third-order valence-corrected chi connectivity index (χ3v) is 5.31. The summed E-state index contributed by atoms with van der Waals surface area (Å²) in [5, 5.41) is 13.0. The quantitative estimate of drug-likeness (QED) is 0.636. The van der Waals surface area contributed by atoms with Gasteiger partial charge in [-0.3, -0.25) is 4.90 Å². The number of aryl methyl sites for hydroxylation is 1. The maximum atomic E-state index is 5.93. The summed E-state index contributed by atoms with van der Waals surface area (Å²) < 4.78 is 9.82. The van der Waals surface area contributed by atoms with Crippen LogP contribution in [0.15, 0.2) is 29.2 Å². The van der Waals surface area contributed by atoms with E-state index in [1.54, 1.807) is 11.0 Å². The fourth-order valence-electron chi connectivity index (χ4n) is 3.79. The molecule has 8 heteroatoms. The topological polar surface area (TPSA) is 77.8 Å². The summed E-state index contributed by atoms with van der Waals surface area (Å²) in [6, 6.07) is 4.23. The molecule has 0 aliphatic carbocycles. The van der Waals surface area contributed by atoms with Crippen LogP contribution in [0.3, 0.4) is 0 Å². The molecule has 0 saturated carbocycles. The number of nitrogens with zero attached hydrogens (tertiary/aromatic N) is 7. The Bertz CT molecular complexity index is 843. The first-order chi connectivity index (χ1) is 13.2. The van der Waals surface area contributed by atoms with Crippen molar-refractivity contribution in [2.45, 2.75) is 51.6 Å². The Labute approximate surface area is 159 Å². The van der Waals surface area contributed by atoms with Crippen LogP contribution in [-0.4, -0.2) is 47.5 Å². The van der Waals surface area contributed by atoms with E-state index in [9.17, 15) is 0 Å². The number of likely N-dealkylation sites (tertiary alicyclic amines) is 1. The number of furan rings is 1. The van der Waals surface area contributed by atoms with Crippen LogP contribution >= 0.6 is 0 Å². The minimum atomic E-state index is 0.454. The zero-order valence-corrected chi connectivity index (χ0v) is 16.1. The third kappa shape index (κ3) is 4.10. The molecule has 1 fully saturated rings. The van der Waals surface area contributed by atoms with Crippen molar-refractivity contribution >= 4 is 0 Å². The molecule has 0 aromatic carbocycles. The molecule has 1 aliphatic rings. The summed E-state index contributed by atoms with van der Waals surface area (Å²) in [4.78, 5) is 6.45. The molecule has 0 radical (unpaired) electrons. The van der Waals surface area contributed by atoms with E-state index in [4.69, 9.17) is 4.42 Å². The molecule has 0 spiro atoms. The van der Waals surface area contributed by atoms with Crippen molar-refractivity contribution in [1.82, 2.24) is 34.4 Å². The number of hydrogen-bond donors (Lipinski definition) is 0. The first kappa shape index (κ1) is 17.9. The molecule has 8 nitrogen and oxygen atoms in total. The highest BCUT2D eigenvalue weighted by molar-refractivity contribution is 5.08. The second-order valence-corrected chi connectivity index (χ2v) is 7.29. The van der Waals surface area contributed by atoms with Crippen LogP contribution in [0.5, 0.6) is 0 Å². The van der Waals surface area contributed by atoms with Gasteiger partial charge in [-0.05, 0) is 44.5 Å². The molecule has 0 amide bonds. The fourth-order valence-corrected chi connectivity index (χ4v) is 3.79. The largest absolute Gasteiger partial charge is 0.465 e. The SMILES string of the molecule is CCCc1ccc(CN2CCC(c3nnc(Cn4cncn4)n3C)CC2)o1. The van der Waals surface area contributed by atoms with E-state index in [-0.39, 0.29) is 0 Å². The molecule has 3 aromatic rings. The molecule has 0 N–H and O–H groups in total. The van der Waals surface area contributed by atoms with Crippen LogP contribution < -0.4 is 0 Å². The van der Waals surface area contributed by atoms with Gasteiger partial charge in [0.25, 0.3) is 0 Å². The van der Waals surface area contributed by atoms with Gasteiger partial charge in [0.15, 0.2) is 5.82 Å². The highest BCUT2D eigenvalue weighted by Gasteiger charge is 2.25. The third-order valence-electron chi connectivity index (χ3n) is 5.31. The molecule has 0 atom stereocenters. The van der Waals surface area contributed by atoms with E-state index in [0.29, 0.717) is 12.5 Å². The zero-order valence-electron chi connectivity index (χ0n) is 16.1. The van der Waals surface area contributed by atoms with Gasteiger partial charge in [-0.25, -0.2) is 9.67 Å². The maximum absolute atomic E-state index is 5.93. The number of aromatic nitrogens is 6. The minimum absolute atomic E-state index is 0.454. The summed E-state index contributed by atoms with van der Waals surface area (Å²) in [5.74, 6) is 4.62. The summed E-state index contributed by atoms with van der Waals surface area (Å²) in [6.07, 6.45) is 7.57. The highest BCUT2D eigenvalue weighted by atomic mass is 16.3. The molecular formula is C19H27N7O. The average Bonchev–Trinajstić information content (AvgIpc) is 3.41. The van der Waals surface area contributed by atoms with Crippen LogP contribution in [0.25, 0.3) is 0 Å². The van der Waals surface area contributed by atoms with Gasteiger partial charge in [0, 0.05) is 19.4 Å². The molecule has 0 bridgehead atoms. The Balaban J connectivity index is 1.33. The van der Waals surface area contributed by atoms with E-state index in [1.807, 2.05) is 7.05 Å². The Morgan fingerprint density at radius 1 is 1.11 bits per heavy atom. The van der Waals surface area contributed by atoms with Crippen molar-refractivity contribution in [1.29, 1.82) is 0 Å². The maximum Gasteiger partial charge on any atom is 0.154 e. The van der Waals surface area contributed by atoms with E-state index in [1.165, 1.54) is 6.33 Å². The monoisotopic (exact) mass is 369 g/mol. The normalized spacial score (nSPS) is 16.2. The number of hydrogen-bond acceptors (Lipinski definition) is 6. The van der Waals surface area contributed by atoms with Gasteiger partial charge in [-0.2, -0.15) is 5.10 Å². The van der Waals surface area contributed by atoms with Crippen molar-refractivity contribution in [2.24, 2.45) is 7.05 Å². The van der Waals surface area contributed by atoms with Crippen molar-refractivity contribution in [3.05, 3.63) is 48.0 Å². The molecule has 27 heavy (non-hydrogen) atoms. The molecular weight excluding hydrogens is 342 g/mol. The van der Waals surface area contributed by atoms with Gasteiger partial charge in [-0.1, -0.05) is 6.92 Å². The fraction of sp³-hybridized carbons (Fsp3) is 0.579. The average molecular weight is 369 g/mol. The highest BCUT2D eigenvalue weighted by Crippen LogP contribution is 2.28. The molecule has 3 aromatic heterocycles. The van der Waals surface area contributed by atoms with Crippen molar-refractivity contribution in [2.75, 3.05) is 13.1 Å². The van der Waals surface area contributed by atoms with Gasteiger partial charge in [-0.15, -0.1) is 10.2 Å².